The molecule has 0 unspecified atom stereocenters. The molecule has 8 heteroatoms. The van der Waals surface area contributed by atoms with Gasteiger partial charge in [0, 0.05) is 5.75 Å². The molecule has 0 spiro atoms. The smallest absolute Gasteiger partial charge is 0.328 e. The SMILES string of the molecule is CC.CCc1nn(CC(=O)OC(C)C)c(SCc2ccc(F)cc2)nc1=O. The topological polar surface area (TPSA) is 74.1 Å². The predicted molar refractivity (Wildman–Crippen MR) is 104 cm³/mol. The molecule has 6 nitrogen and oxygen atoms in total. The van der Waals surface area contributed by atoms with Gasteiger partial charge in [-0.1, -0.05) is 44.7 Å². The van der Waals surface area contributed by atoms with Crippen LogP contribution in [-0.2, 0) is 28.2 Å². The van der Waals surface area contributed by atoms with Crippen LogP contribution < -0.4 is 5.56 Å². The molecule has 0 aliphatic heterocycles. The van der Waals surface area contributed by atoms with Crippen molar-refractivity contribution in [1.29, 1.82) is 0 Å². The quantitative estimate of drug-likeness (QED) is 0.527. The van der Waals surface area contributed by atoms with Gasteiger partial charge in [0.15, 0.2) is 5.16 Å². The third-order valence-corrected chi connectivity index (χ3v) is 4.21. The molecular formula is C19H26FN3O3S. The van der Waals surface area contributed by atoms with Gasteiger partial charge in [-0.3, -0.25) is 9.59 Å². The van der Waals surface area contributed by atoms with Gasteiger partial charge in [0.05, 0.1) is 6.10 Å². The molecule has 0 saturated heterocycles. The second kappa shape index (κ2) is 11.5. The van der Waals surface area contributed by atoms with Gasteiger partial charge in [0.1, 0.15) is 18.1 Å². The second-order valence-electron chi connectivity index (χ2n) is 5.61. The zero-order valence-electron chi connectivity index (χ0n) is 16.4. The van der Waals surface area contributed by atoms with E-state index in [9.17, 15) is 14.0 Å². The normalized spacial score (nSPS) is 10.3. The second-order valence-corrected chi connectivity index (χ2v) is 6.55. The van der Waals surface area contributed by atoms with E-state index >= 15 is 0 Å². The number of aryl methyl sites for hydroxylation is 1. The Morgan fingerprint density at radius 3 is 2.44 bits per heavy atom. The lowest BCUT2D eigenvalue weighted by atomic mass is 10.2. The van der Waals surface area contributed by atoms with Crippen LogP contribution in [0.25, 0.3) is 0 Å². The first-order valence-electron chi connectivity index (χ1n) is 8.93. The highest BCUT2D eigenvalue weighted by Crippen LogP contribution is 2.20. The van der Waals surface area contributed by atoms with Crippen LogP contribution in [0.3, 0.4) is 0 Å². The summed E-state index contributed by atoms with van der Waals surface area (Å²) in [5.41, 5.74) is 0.762. The maximum Gasteiger partial charge on any atom is 0.328 e. The molecule has 0 fully saturated rings. The van der Waals surface area contributed by atoms with Crippen molar-refractivity contribution in [3.8, 4) is 0 Å². The molecule has 0 bridgehead atoms. The summed E-state index contributed by atoms with van der Waals surface area (Å²) in [5, 5.41) is 4.55. The zero-order chi connectivity index (χ0) is 20.4. The number of esters is 1. The van der Waals surface area contributed by atoms with E-state index in [1.54, 1.807) is 32.9 Å². The fourth-order valence-corrected chi connectivity index (χ4v) is 2.91. The highest BCUT2D eigenvalue weighted by Gasteiger charge is 2.15. The Kier molecular flexibility index (Phi) is 9.71. The van der Waals surface area contributed by atoms with Crippen LogP contribution in [0.4, 0.5) is 4.39 Å². The summed E-state index contributed by atoms with van der Waals surface area (Å²) in [7, 11) is 0. The molecule has 2 rings (SSSR count). The van der Waals surface area contributed by atoms with Gasteiger partial charge >= 0.3 is 5.97 Å². The summed E-state index contributed by atoms with van der Waals surface area (Å²) < 4.78 is 19.5. The fraction of sp³-hybridized carbons (Fsp3) is 0.474. The highest BCUT2D eigenvalue weighted by atomic mass is 32.2. The molecule has 0 saturated carbocycles. The number of hydrogen-bond donors (Lipinski definition) is 0. The van der Waals surface area contributed by atoms with E-state index < -0.39 is 11.5 Å². The number of rotatable bonds is 7. The molecule has 1 aromatic heterocycles. The number of carbonyl (C=O) groups excluding carboxylic acids is 1. The summed E-state index contributed by atoms with van der Waals surface area (Å²) in [6.45, 7) is 9.20. The molecule has 1 heterocycles. The highest BCUT2D eigenvalue weighted by molar-refractivity contribution is 7.98. The third kappa shape index (κ3) is 7.50. The van der Waals surface area contributed by atoms with E-state index in [-0.39, 0.29) is 18.5 Å². The summed E-state index contributed by atoms with van der Waals surface area (Å²) >= 11 is 1.26. The minimum absolute atomic E-state index is 0.121. The van der Waals surface area contributed by atoms with E-state index in [4.69, 9.17) is 4.74 Å². The Hall–Kier alpha value is -2.22. The molecule has 0 amide bonds. The van der Waals surface area contributed by atoms with Gasteiger partial charge in [0.25, 0.3) is 5.56 Å². The largest absolute Gasteiger partial charge is 0.462 e. The Morgan fingerprint density at radius 2 is 1.89 bits per heavy atom. The Labute approximate surface area is 163 Å². The number of nitrogens with zero attached hydrogens (tertiary/aromatic N) is 3. The minimum Gasteiger partial charge on any atom is -0.462 e. The maximum atomic E-state index is 13.0. The van der Waals surface area contributed by atoms with Crippen molar-refractivity contribution in [3.05, 3.63) is 51.7 Å². The number of hydrogen-bond acceptors (Lipinski definition) is 6. The number of carbonyl (C=O) groups is 1. The van der Waals surface area contributed by atoms with E-state index in [2.05, 4.69) is 10.1 Å². The number of halogens is 1. The van der Waals surface area contributed by atoms with Crippen LogP contribution in [0.5, 0.6) is 0 Å². The number of aromatic nitrogens is 3. The van der Waals surface area contributed by atoms with Crippen molar-refractivity contribution in [2.24, 2.45) is 0 Å². The van der Waals surface area contributed by atoms with Crippen molar-refractivity contribution in [3.63, 3.8) is 0 Å². The molecule has 0 aliphatic carbocycles. The van der Waals surface area contributed by atoms with E-state index in [1.807, 2.05) is 13.8 Å². The van der Waals surface area contributed by atoms with Gasteiger partial charge in [-0.05, 0) is 38.0 Å². The van der Waals surface area contributed by atoms with Crippen LogP contribution >= 0.6 is 11.8 Å². The lowest BCUT2D eigenvalue weighted by molar-refractivity contribution is -0.148. The minimum atomic E-state index is -0.446. The van der Waals surface area contributed by atoms with Crippen LogP contribution in [-0.4, -0.2) is 26.8 Å². The zero-order valence-corrected chi connectivity index (χ0v) is 17.2. The van der Waals surface area contributed by atoms with Crippen LogP contribution in [0, 0.1) is 5.82 Å². The van der Waals surface area contributed by atoms with Gasteiger partial charge in [-0.25, -0.2) is 9.07 Å². The van der Waals surface area contributed by atoms with Crippen LogP contribution in [0.2, 0.25) is 0 Å². The van der Waals surface area contributed by atoms with Crippen LogP contribution in [0.1, 0.15) is 45.9 Å². The first kappa shape index (κ1) is 22.8. The first-order valence-corrected chi connectivity index (χ1v) is 9.92. The van der Waals surface area contributed by atoms with Gasteiger partial charge in [0.2, 0.25) is 0 Å². The fourth-order valence-electron chi connectivity index (χ4n) is 2.02. The standard InChI is InChI=1S/C17H20FN3O3S.C2H6/c1-4-14-16(23)19-17(21(20-14)9-15(22)24-11(2)3)25-10-12-5-7-13(18)8-6-12;1-2/h5-8,11H,4,9-10H2,1-3H3;1-2H3. The van der Waals surface area contributed by atoms with E-state index in [1.165, 1.54) is 28.6 Å². The Bertz CT molecular complexity index is 792. The molecule has 0 atom stereocenters. The van der Waals surface area contributed by atoms with Gasteiger partial charge in [-0.15, -0.1) is 0 Å². The molecule has 0 N–H and O–H groups in total. The van der Waals surface area contributed by atoms with Crippen molar-refractivity contribution in [2.75, 3.05) is 0 Å². The number of ether oxygens (including phenoxy) is 1. The van der Waals surface area contributed by atoms with Crippen molar-refractivity contribution >= 4 is 17.7 Å². The number of benzene rings is 1. The summed E-state index contributed by atoms with van der Waals surface area (Å²) in [5.74, 6) is -0.285. The summed E-state index contributed by atoms with van der Waals surface area (Å²) in [6.07, 6.45) is 0.189. The van der Waals surface area contributed by atoms with E-state index in [0.29, 0.717) is 23.0 Å². The Morgan fingerprint density at radius 1 is 1.26 bits per heavy atom. The molecule has 27 heavy (non-hydrogen) atoms. The molecule has 1 aromatic carbocycles. The lowest BCUT2D eigenvalue weighted by Gasteiger charge is -2.13. The molecule has 0 aliphatic rings. The molecule has 148 valence electrons. The van der Waals surface area contributed by atoms with Crippen molar-refractivity contribution < 1.29 is 13.9 Å². The van der Waals surface area contributed by atoms with Crippen LogP contribution in [0.15, 0.2) is 34.2 Å². The predicted octanol–water partition coefficient (Wildman–Crippen LogP) is 3.61. The molecule has 0 radical (unpaired) electrons. The lowest BCUT2D eigenvalue weighted by Crippen LogP contribution is -2.27. The average molecular weight is 396 g/mol. The van der Waals surface area contributed by atoms with Gasteiger partial charge < -0.3 is 4.74 Å². The number of thioether (sulfide) groups is 1. The maximum absolute atomic E-state index is 13.0. The Balaban J connectivity index is 0.00000176. The molecular weight excluding hydrogens is 369 g/mol. The van der Waals surface area contributed by atoms with Crippen molar-refractivity contribution in [1.82, 2.24) is 14.8 Å². The van der Waals surface area contributed by atoms with Crippen molar-refractivity contribution in [2.45, 2.75) is 64.6 Å². The summed E-state index contributed by atoms with van der Waals surface area (Å²) in [6, 6.07) is 6.06. The van der Waals surface area contributed by atoms with Gasteiger partial charge in [-0.2, -0.15) is 10.1 Å². The summed E-state index contributed by atoms with van der Waals surface area (Å²) in [4.78, 5) is 27.9. The van der Waals surface area contributed by atoms with E-state index in [0.717, 1.165) is 5.56 Å². The first-order chi connectivity index (χ1) is 12.9. The third-order valence-electron chi connectivity index (χ3n) is 3.17. The molecule has 2 aromatic rings. The average Bonchev–Trinajstić information content (AvgIpc) is 2.64. The monoisotopic (exact) mass is 395 g/mol.